The zero-order chi connectivity index (χ0) is 9.97. The average Bonchev–Trinajstić information content (AvgIpc) is 2.88. The molecule has 1 saturated heterocycles. The number of thiazole rings is 1. The van der Waals surface area contributed by atoms with Gasteiger partial charge in [-0.15, -0.1) is 0 Å². The second kappa shape index (κ2) is 4.06. The topological polar surface area (TPSA) is 48.4 Å². The van der Waals surface area contributed by atoms with Crippen molar-refractivity contribution in [3.63, 3.8) is 0 Å². The maximum absolute atomic E-state index is 11.8. The van der Waals surface area contributed by atoms with Gasteiger partial charge < -0.3 is 9.47 Å². The lowest BCUT2D eigenvalue weighted by Gasteiger charge is -2.01. The van der Waals surface area contributed by atoms with Crippen LogP contribution in [0.25, 0.3) is 0 Å². The molecule has 4 nitrogen and oxygen atoms in total. The molecule has 0 saturated carbocycles. The average molecular weight is 213 g/mol. The number of Topliss-reactive ketones (excluding diaryl/α,β-unsaturated/α-hetero) is 1. The lowest BCUT2D eigenvalue weighted by atomic mass is 10.0. The van der Waals surface area contributed by atoms with Crippen molar-refractivity contribution in [1.82, 2.24) is 4.98 Å². The second-order valence-electron chi connectivity index (χ2n) is 3.12. The van der Waals surface area contributed by atoms with E-state index >= 15 is 0 Å². The molecule has 1 aromatic rings. The van der Waals surface area contributed by atoms with Gasteiger partial charge >= 0.3 is 0 Å². The van der Waals surface area contributed by atoms with Crippen LogP contribution in [-0.2, 0) is 4.74 Å². The second-order valence-corrected chi connectivity index (χ2v) is 4.11. The summed E-state index contributed by atoms with van der Waals surface area (Å²) >= 11 is 1.29. The van der Waals surface area contributed by atoms with Crippen LogP contribution in [0.15, 0.2) is 6.20 Å². The maximum atomic E-state index is 11.8. The minimum absolute atomic E-state index is 0.0140. The molecule has 1 aliphatic rings. The van der Waals surface area contributed by atoms with Crippen LogP contribution in [0.3, 0.4) is 0 Å². The molecule has 0 amide bonds. The Labute approximate surface area is 85.9 Å². The quantitative estimate of drug-likeness (QED) is 0.711. The summed E-state index contributed by atoms with van der Waals surface area (Å²) in [5.74, 6) is 0.142. The number of aromatic nitrogens is 1. The molecule has 0 bridgehead atoms. The van der Waals surface area contributed by atoms with Crippen LogP contribution < -0.4 is 4.74 Å². The van der Waals surface area contributed by atoms with E-state index in [4.69, 9.17) is 9.47 Å². The van der Waals surface area contributed by atoms with Gasteiger partial charge in [0.05, 0.1) is 24.8 Å². The highest BCUT2D eigenvalue weighted by molar-refractivity contribution is 7.15. The number of nitrogens with zero attached hydrogens (tertiary/aromatic N) is 1. The number of ether oxygens (including phenoxy) is 2. The number of hydrogen-bond acceptors (Lipinski definition) is 5. The van der Waals surface area contributed by atoms with Crippen LogP contribution in [0.2, 0.25) is 0 Å². The van der Waals surface area contributed by atoms with E-state index in [1.165, 1.54) is 11.3 Å². The van der Waals surface area contributed by atoms with Crippen molar-refractivity contribution in [3.8, 4) is 5.19 Å². The van der Waals surface area contributed by atoms with Crippen LogP contribution in [0.5, 0.6) is 5.19 Å². The smallest absolute Gasteiger partial charge is 0.273 e. The molecule has 1 atom stereocenters. The molecule has 0 spiro atoms. The Morgan fingerprint density at radius 2 is 2.64 bits per heavy atom. The van der Waals surface area contributed by atoms with Gasteiger partial charge in [-0.25, -0.2) is 4.98 Å². The summed E-state index contributed by atoms with van der Waals surface area (Å²) in [5.41, 5.74) is 0. The first kappa shape index (κ1) is 9.61. The van der Waals surface area contributed by atoms with Crippen molar-refractivity contribution in [3.05, 3.63) is 11.1 Å². The Balaban J connectivity index is 2.09. The van der Waals surface area contributed by atoms with Gasteiger partial charge in [-0.05, 0) is 6.42 Å². The minimum atomic E-state index is 0.0140. The predicted octanol–water partition coefficient (Wildman–Crippen LogP) is 1.37. The Kier molecular flexibility index (Phi) is 2.79. The molecule has 2 heterocycles. The summed E-state index contributed by atoms with van der Waals surface area (Å²) in [7, 11) is 1.55. The third-order valence-corrected chi connectivity index (χ3v) is 3.18. The van der Waals surface area contributed by atoms with Crippen LogP contribution in [0.4, 0.5) is 0 Å². The van der Waals surface area contributed by atoms with E-state index in [1.54, 1.807) is 13.3 Å². The van der Waals surface area contributed by atoms with Crippen molar-refractivity contribution in [1.29, 1.82) is 0 Å². The highest BCUT2D eigenvalue weighted by Crippen LogP contribution is 2.25. The summed E-state index contributed by atoms with van der Waals surface area (Å²) < 4.78 is 10.1. The number of carbonyl (C=O) groups excluding carboxylic acids is 1. The first-order chi connectivity index (χ1) is 6.81. The van der Waals surface area contributed by atoms with Gasteiger partial charge in [0, 0.05) is 12.5 Å². The van der Waals surface area contributed by atoms with Gasteiger partial charge in [0.25, 0.3) is 5.19 Å². The van der Waals surface area contributed by atoms with E-state index in [9.17, 15) is 4.79 Å². The SMILES string of the molecule is COc1ncc(C(=O)C2CCOC2)s1. The summed E-state index contributed by atoms with van der Waals surface area (Å²) in [5, 5.41) is 0.535. The van der Waals surface area contributed by atoms with Crippen LogP contribution in [0, 0.1) is 5.92 Å². The molecule has 5 heteroatoms. The third kappa shape index (κ3) is 1.78. The van der Waals surface area contributed by atoms with E-state index in [0.717, 1.165) is 6.42 Å². The fourth-order valence-corrected chi connectivity index (χ4v) is 2.16. The number of hydrogen-bond donors (Lipinski definition) is 0. The normalized spacial score (nSPS) is 21.1. The summed E-state index contributed by atoms with van der Waals surface area (Å²) in [6.07, 6.45) is 2.39. The molecule has 0 aliphatic carbocycles. The molecule has 1 aliphatic heterocycles. The molecule has 1 aromatic heterocycles. The largest absolute Gasteiger partial charge is 0.473 e. The summed E-state index contributed by atoms with van der Waals surface area (Å²) in [4.78, 5) is 16.4. The molecule has 1 unspecified atom stereocenters. The Morgan fingerprint density at radius 3 is 3.21 bits per heavy atom. The summed E-state index contributed by atoms with van der Waals surface area (Å²) in [6.45, 7) is 1.23. The van der Waals surface area contributed by atoms with Gasteiger partial charge in [0.2, 0.25) is 0 Å². The first-order valence-corrected chi connectivity index (χ1v) is 5.24. The fourth-order valence-electron chi connectivity index (χ4n) is 1.41. The van der Waals surface area contributed by atoms with Crippen molar-refractivity contribution >= 4 is 17.1 Å². The first-order valence-electron chi connectivity index (χ1n) is 4.43. The van der Waals surface area contributed by atoms with Gasteiger partial charge in [-0.1, -0.05) is 11.3 Å². The molecule has 76 valence electrons. The standard InChI is InChI=1S/C9H11NO3S/c1-12-9-10-4-7(14-9)8(11)6-2-3-13-5-6/h4,6H,2-3,5H2,1H3. The van der Waals surface area contributed by atoms with Crippen LogP contribution in [-0.4, -0.2) is 31.1 Å². The Morgan fingerprint density at radius 1 is 1.79 bits per heavy atom. The fraction of sp³-hybridized carbons (Fsp3) is 0.556. The van der Waals surface area contributed by atoms with Gasteiger partial charge in [0.15, 0.2) is 5.78 Å². The highest BCUT2D eigenvalue weighted by Gasteiger charge is 2.26. The van der Waals surface area contributed by atoms with Gasteiger partial charge in [-0.3, -0.25) is 4.79 Å². The molecule has 2 rings (SSSR count). The van der Waals surface area contributed by atoms with E-state index in [1.807, 2.05) is 0 Å². The number of rotatable bonds is 3. The zero-order valence-electron chi connectivity index (χ0n) is 7.86. The summed E-state index contributed by atoms with van der Waals surface area (Å²) in [6, 6.07) is 0. The third-order valence-electron chi connectivity index (χ3n) is 2.20. The maximum Gasteiger partial charge on any atom is 0.273 e. The van der Waals surface area contributed by atoms with E-state index < -0.39 is 0 Å². The molecule has 0 N–H and O–H groups in total. The van der Waals surface area contributed by atoms with Crippen molar-refractivity contribution in [2.45, 2.75) is 6.42 Å². The number of ketones is 1. The monoisotopic (exact) mass is 213 g/mol. The molecular weight excluding hydrogens is 202 g/mol. The molecule has 14 heavy (non-hydrogen) atoms. The molecule has 1 fully saturated rings. The van der Waals surface area contributed by atoms with E-state index in [2.05, 4.69) is 4.98 Å². The Bertz CT molecular complexity index is 331. The molecule has 0 radical (unpaired) electrons. The van der Waals surface area contributed by atoms with Gasteiger partial charge in [-0.2, -0.15) is 0 Å². The van der Waals surface area contributed by atoms with Crippen LogP contribution in [0.1, 0.15) is 16.1 Å². The Hall–Kier alpha value is -0.940. The van der Waals surface area contributed by atoms with Gasteiger partial charge in [0.1, 0.15) is 0 Å². The highest BCUT2D eigenvalue weighted by atomic mass is 32.1. The lowest BCUT2D eigenvalue weighted by molar-refractivity contribution is 0.0904. The molecule has 0 aromatic carbocycles. The number of carbonyl (C=O) groups is 1. The lowest BCUT2D eigenvalue weighted by Crippen LogP contribution is -2.12. The van der Waals surface area contributed by atoms with Crippen molar-refractivity contribution in [2.24, 2.45) is 5.92 Å². The minimum Gasteiger partial charge on any atom is -0.473 e. The van der Waals surface area contributed by atoms with E-state index in [-0.39, 0.29) is 11.7 Å². The molecular formula is C9H11NO3S. The predicted molar refractivity (Wildman–Crippen MR) is 51.9 cm³/mol. The zero-order valence-corrected chi connectivity index (χ0v) is 8.67. The van der Waals surface area contributed by atoms with Crippen molar-refractivity contribution in [2.75, 3.05) is 20.3 Å². The van der Waals surface area contributed by atoms with E-state index in [0.29, 0.717) is 23.3 Å². The van der Waals surface area contributed by atoms with Crippen LogP contribution >= 0.6 is 11.3 Å². The van der Waals surface area contributed by atoms with Crippen molar-refractivity contribution < 1.29 is 14.3 Å². The number of methoxy groups -OCH3 is 1.